The maximum absolute atomic E-state index is 12.5. The van der Waals surface area contributed by atoms with Crippen LogP contribution < -0.4 is 15.8 Å². The number of hydrogen-bond donors (Lipinski definition) is 3. The molecular formula is C19H25N3O3S. The van der Waals surface area contributed by atoms with Gasteiger partial charge in [0.1, 0.15) is 0 Å². The molecule has 0 atom stereocenters. The van der Waals surface area contributed by atoms with Crippen LogP contribution in [0.25, 0.3) is 0 Å². The second-order valence-electron chi connectivity index (χ2n) is 6.82. The summed E-state index contributed by atoms with van der Waals surface area (Å²) in [6.07, 6.45) is 0. The third-order valence-electron chi connectivity index (χ3n) is 4.13. The third kappa shape index (κ3) is 5.14. The fourth-order valence-electron chi connectivity index (χ4n) is 2.50. The van der Waals surface area contributed by atoms with Crippen LogP contribution >= 0.6 is 0 Å². The Balaban J connectivity index is 2.12. The maximum Gasteiger partial charge on any atom is 0.240 e. The van der Waals surface area contributed by atoms with Crippen molar-refractivity contribution >= 4 is 21.6 Å². The minimum absolute atomic E-state index is 0.151. The van der Waals surface area contributed by atoms with E-state index in [0.717, 1.165) is 11.1 Å². The summed E-state index contributed by atoms with van der Waals surface area (Å²) in [5, 5.41) is 2.61. The largest absolute Gasteiger partial charge is 0.326 e. The molecular weight excluding hydrogens is 350 g/mol. The average molecular weight is 375 g/mol. The van der Waals surface area contributed by atoms with E-state index in [-0.39, 0.29) is 17.3 Å². The van der Waals surface area contributed by atoms with Crippen LogP contribution in [0.4, 0.5) is 5.69 Å². The second kappa shape index (κ2) is 7.99. The molecule has 6 nitrogen and oxygen atoms in total. The minimum atomic E-state index is -3.65. The number of nitrogens with two attached hydrogens (primary N) is 1. The third-order valence-corrected chi connectivity index (χ3v) is 5.55. The van der Waals surface area contributed by atoms with Crippen molar-refractivity contribution in [3.05, 3.63) is 59.7 Å². The molecule has 0 aliphatic carbocycles. The summed E-state index contributed by atoms with van der Waals surface area (Å²) in [7, 11) is -3.65. The van der Waals surface area contributed by atoms with E-state index in [9.17, 15) is 13.2 Å². The molecule has 0 fully saturated rings. The van der Waals surface area contributed by atoms with Gasteiger partial charge < -0.3 is 11.1 Å². The molecule has 7 heteroatoms. The van der Waals surface area contributed by atoms with Crippen LogP contribution in [0.15, 0.2) is 53.4 Å². The van der Waals surface area contributed by atoms with Crippen LogP contribution in [-0.4, -0.2) is 20.9 Å². The van der Waals surface area contributed by atoms with E-state index in [2.05, 4.69) is 10.0 Å². The number of hydrogen-bond acceptors (Lipinski definition) is 4. The lowest BCUT2D eigenvalue weighted by Crippen LogP contribution is -2.36. The van der Waals surface area contributed by atoms with Gasteiger partial charge in [0.2, 0.25) is 15.9 Å². The SMILES string of the molecule is CC(=O)Nc1ccc(S(=O)(=O)NCC(C)(C)c2cccc(CN)c2)cc1. The van der Waals surface area contributed by atoms with Gasteiger partial charge in [0.15, 0.2) is 0 Å². The quantitative estimate of drug-likeness (QED) is 0.691. The van der Waals surface area contributed by atoms with E-state index in [0.29, 0.717) is 12.2 Å². The van der Waals surface area contributed by atoms with Crippen LogP contribution in [0, 0.1) is 0 Å². The highest BCUT2D eigenvalue weighted by Gasteiger charge is 2.24. The lowest BCUT2D eigenvalue weighted by atomic mass is 9.84. The maximum atomic E-state index is 12.5. The van der Waals surface area contributed by atoms with Gasteiger partial charge in [-0.1, -0.05) is 38.1 Å². The summed E-state index contributed by atoms with van der Waals surface area (Å²) in [5.74, 6) is -0.208. The van der Waals surface area contributed by atoms with Crippen molar-refractivity contribution in [1.82, 2.24) is 4.72 Å². The first kappa shape index (κ1) is 20.1. The predicted molar refractivity (Wildman–Crippen MR) is 103 cm³/mol. The number of carbonyl (C=O) groups excluding carboxylic acids is 1. The van der Waals surface area contributed by atoms with Gasteiger partial charge in [-0.15, -0.1) is 0 Å². The highest BCUT2D eigenvalue weighted by atomic mass is 32.2. The lowest BCUT2D eigenvalue weighted by Gasteiger charge is -2.26. The van der Waals surface area contributed by atoms with Crippen molar-refractivity contribution in [2.24, 2.45) is 5.73 Å². The van der Waals surface area contributed by atoms with Gasteiger partial charge in [0, 0.05) is 31.1 Å². The Kier molecular flexibility index (Phi) is 6.17. The first-order valence-electron chi connectivity index (χ1n) is 8.31. The Hall–Kier alpha value is -2.22. The number of benzene rings is 2. The first-order chi connectivity index (χ1) is 12.1. The molecule has 0 aliphatic rings. The van der Waals surface area contributed by atoms with Crippen molar-refractivity contribution in [2.75, 3.05) is 11.9 Å². The van der Waals surface area contributed by atoms with Gasteiger partial charge in [0.05, 0.1) is 4.90 Å². The molecule has 0 bridgehead atoms. The van der Waals surface area contributed by atoms with Crippen molar-refractivity contribution in [3.63, 3.8) is 0 Å². The Morgan fingerprint density at radius 2 is 1.77 bits per heavy atom. The molecule has 0 unspecified atom stereocenters. The van der Waals surface area contributed by atoms with Crippen molar-refractivity contribution in [1.29, 1.82) is 0 Å². The van der Waals surface area contributed by atoms with E-state index < -0.39 is 15.4 Å². The van der Waals surface area contributed by atoms with Gasteiger partial charge in [-0.2, -0.15) is 0 Å². The average Bonchev–Trinajstić information content (AvgIpc) is 2.60. The topological polar surface area (TPSA) is 101 Å². The highest BCUT2D eigenvalue weighted by Crippen LogP contribution is 2.24. The molecule has 140 valence electrons. The molecule has 0 aromatic heterocycles. The van der Waals surface area contributed by atoms with Crippen LogP contribution in [0.1, 0.15) is 31.9 Å². The van der Waals surface area contributed by atoms with Crippen LogP contribution in [0.2, 0.25) is 0 Å². The van der Waals surface area contributed by atoms with Crippen LogP contribution in [0.3, 0.4) is 0 Å². The number of amides is 1. The fraction of sp³-hybridized carbons (Fsp3) is 0.316. The molecule has 1 amide bonds. The summed E-state index contributed by atoms with van der Waals surface area (Å²) >= 11 is 0. The molecule has 2 aromatic carbocycles. The second-order valence-corrected chi connectivity index (χ2v) is 8.59. The van der Waals surface area contributed by atoms with Crippen LogP contribution in [0.5, 0.6) is 0 Å². The molecule has 2 rings (SSSR count). The van der Waals surface area contributed by atoms with E-state index in [1.807, 2.05) is 38.1 Å². The molecule has 0 aliphatic heterocycles. The van der Waals surface area contributed by atoms with Gasteiger partial charge in [-0.05, 0) is 35.4 Å². The zero-order chi connectivity index (χ0) is 19.4. The minimum Gasteiger partial charge on any atom is -0.326 e. The normalized spacial score (nSPS) is 12.0. The number of anilines is 1. The summed E-state index contributed by atoms with van der Waals surface area (Å²) in [4.78, 5) is 11.2. The Labute approximate surface area is 154 Å². The Morgan fingerprint density at radius 3 is 2.35 bits per heavy atom. The van der Waals surface area contributed by atoms with Crippen molar-refractivity contribution < 1.29 is 13.2 Å². The van der Waals surface area contributed by atoms with E-state index in [1.165, 1.54) is 19.1 Å². The molecule has 4 N–H and O–H groups in total. The first-order valence-corrected chi connectivity index (χ1v) is 9.79. The molecule has 0 radical (unpaired) electrons. The zero-order valence-electron chi connectivity index (χ0n) is 15.2. The van der Waals surface area contributed by atoms with Gasteiger partial charge >= 0.3 is 0 Å². The van der Waals surface area contributed by atoms with Gasteiger partial charge in [-0.25, -0.2) is 13.1 Å². The van der Waals surface area contributed by atoms with Crippen molar-refractivity contribution in [3.8, 4) is 0 Å². The lowest BCUT2D eigenvalue weighted by molar-refractivity contribution is -0.114. The summed E-state index contributed by atoms with van der Waals surface area (Å²) < 4.78 is 27.8. The number of nitrogens with one attached hydrogen (secondary N) is 2. The predicted octanol–water partition coefficient (Wildman–Crippen LogP) is 2.36. The molecule has 0 saturated carbocycles. The molecule has 2 aromatic rings. The van der Waals surface area contributed by atoms with E-state index >= 15 is 0 Å². The van der Waals surface area contributed by atoms with Crippen molar-refractivity contribution in [2.45, 2.75) is 37.6 Å². The fourth-order valence-corrected chi connectivity index (χ4v) is 3.71. The Bertz CT molecular complexity index is 875. The van der Waals surface area contributed by atoms with E-state index in [4.69, 9.17) is 5.73 Å². The molecule has 0 saturated heterocycles. The van der Waals surface area contributed by atoms with Crippen LogP contribution in [-0.2, 0) is 26.8 Å². The number of rotatable bonds is 7. The van der Waals surface area contributed by atoms with E-state index in [1.54, 1.807) is 12.1 Å². The summed E-state index contributed by atoms with van der Waals surface area (Å²) in [6.45, 7) is 6.04. The number of sulfonamides is 1. The smallest absolute Gasteiger partial charge is 0.240 e. The number of carbonyl (C=O) groups is 1. The summed E-state index contributed by atoms with van der Waals surface area (Å²) in [5.41, 5.74) is 7.87. The molecule has 0 spiro atoms. The standard InChI is InChI=1S/C19H25N3O3S/c1-14(23)22-17-7-9-18(10-8-17)26(24,25)21-13-19(2,3)16-6-4-5-15(11-16)12-20/h4-11,21H,12-13,20H2,1-3H3,(H,22,23). The van der Waals surface area contributed by atoms with Gasteiger partial charge in [-0.3, -0.25) is 4.79 Å². The Morgan fingerprint density at radius 1 is 1.12 bits per heavy atom. The highest BCUT2D eigenvalue weighted by molar-refractivity contribution is 7.89. The van der Waals surface area contributed by atoms with Gasteiger partial charge in [0.25, 0.3) is 0 Å². The zero-order valence-corrected chi connectivity index (χ0v) is 16.1. The monoisotopic (exact) mass is 375 g/mol. The summed E-state index contributed by atoms with van der Waals surface area (Å²) in [6, 6.07) is 13.9. The molecule has 26 heavy (non-hydrogen) atoms. The molecule has 0 heterocycles.